The monoisotopic (exact) mass is 379 g/mol. The first-order valence-corrected chi connectivity index (χ1v) is 9.01. The number of rotatable bonds is 7. The number of ether oxygens (including phenoxy) is 1. The van der Waals surface area contributed by atoms with Crippen LogP contribution in [0.1, 0.15) is 29.8 Å². The number of pyridine rings is 1. The highest BCUT2D eigenvalue weighted by Crippen LogP contribution is 2.25. The molecule has 144 valence electrons. The number of benzene rings is 2. The first kappa shape index (κ1) is 19.4. The first-order chi connectivity index (χ1) is 13.5. The molecule has 2 aromatic carbocycles. The number of carbonyl (C=O) groups is 1. The van der Waals surface area contributed by atoms with Gasteiger partial charge in [0.25, 0.3) is 5.91 Å². The molecule has 0 saturated carbocycles. The second kappa shape index (κ2) is 8.99. The van der Waals surface area contributed by atoms with Gasteiger partial charge in [-0.05, 0) is 49.7 Å². The minimum atomic E-state index is -0.280. The lowest BCUT2D eigenvalue weighted by molar-refractivity contribution is 0.102. The third kappa shape index (κ3) is 5.30. The summed E-state index contributed by atoms with van der Waals surface area (Å²) in [6.45, 7) is 4.36. The smallest absolute Gasteiger partial charge is 0.257 e. The van der Waals surface area contributed by atoms with E-state index in [1.165, 1.54) is 18.3 Å². The fraction of sp³-hybridized carbons (Fsp3) is 0.182. The number of nitrogens with zero attached hydrogens (tertiary/aromatic N) is 1. The Kier molecular flexibility index (Phi) is 6.22. The topological polar surface area (TPSA) is 63.2 Å². The van der Waals surface area contributed by atoms with Gasteiger partial charge >= 0.3 is 0 Å². The SMILES string of the molecule is CC(C)Oc1ccccc1NC(=O)c1cncc(NCc2ccc(F)cc2)c1. The van der Waals surface area contributed by atoms with Crippen molar-refractivity contribution in [1.29, 1.82) is 0 Å². The van der Waals surface area contributed by atoms with E-state index in [1.54, 1.807) is 30.5 Å². The summed E-state index contributed by atoms with van der Waals surface area (Å²) in [5.74, 6) is 0.0629. The maximum atomic E-state index is 13.0. The molecule has 1 aromatic heterocycles. The van der Waals surface area contributed by atoms with E-state index in [-0.39, 0.29) is 17.8 Å². The Morgan fingerprint density at radius 2 is 1.86 bits per heavy atom. The summed E-state index contributed by atoms with van der Waals surface area (Å²) in [6.07, 6.45) is 3.14. The lowest BCUT2D eigenvalue weighted by atomic mass is 10.2. The molecule has 0 aliphatic carbocycles. The zero-order chi connectivity index (χ0) is 19.9. The molecule has 2 N–H and O–H groups in total. The highest BCUT2D eigenvalue weighted by Gasteiger charge is 2.11. The minimum absolute atomic E-state index is 0.00120. The van der Waals surface area contributed by atoms with E-state index in [1.807, 2.05) is 32.0 Å². The standard InChI is InChI=1S/C22H22FN3O2/c1-15(2)28-21-6-4-3-5-20(21)26-22(27)17-11-19(14-24-13-17)25-12-16-7-9-18(23)10-8-16/h3-11,13-15,25H,12H2,1-2H3,(H,26,27). The number of hydrogen-bond acceptors (Lipinski definition) is 4. The highest BCUT2D eigenvalue weighted by molar-refractivity contribution is 6.05. The summed E-state index contributed by atoms with van der Waals surface area (Å²) in [5, 5.41) is 6.05. The molecule has 0 spiro atoms. The van der Waals surface area contributed by atoms with E-state index in [2.05, 4.69) is 15.6 Å². The summed E-state index contributed by atoms with van der Waals surface area (Å²) >= 11 is 0. The summed E-state index contributed by atoms with van der Waals surface area (Å²) in [6, 6.07) is 15.3. The number of carbonyl (C=O) groups excluding carboxylic acids is 1. The van der Waals surface area contributed by atoms with Gasteiger partial charge in [-0.2, -0.15) is 0 Å². The van der Waals surface area contributed by atoms with Crippen LogP contribution in [0.3, 0.4) is 0 Å². The third-order valence-electron chi connectivity index (χ3n) is 3.91. The van der Waals surface area contributed by atoms with Crippen LogP contribution in [0.5, 0.6) is 5.75 Å². The number of halogens is 1. The molecule has 5 nitrogen and oxygen atoms in total. The number of hydrogen-bond donors (Lipinski definition) is 2. The van der Waals surface area contributed by atoms with E-state index in [0.717, 1.165) is 5.56 Å². The van der Waals surface area contributed by atoms with Crippen molar-refractivity contribution in [2.24, 2.45) is 0 Å². The van der Waals surface area contributed by atoms with Gasteiger partial charge in [0.15, 0.2) is 0 Å². The molecule has 28 heavy (non-hydrogen) atoms. The number of nitrogens with one attached hydrogen (secondary N) is 2. The summed E-state index contributed by atoms with van der Waals surface area (Å²) in [7, 11) is 0. The van der Waals surface area contributed by atoms with Crippen LogP contribution in [0.15, 0.2) is 67.0 Å². The van der Waals surface area contributed by atoms with Crippen molar-refractivity contribution >= 4 is 17.3 Å². The van der Waals surface area contributed by atoms with Gasteiger partial charge in [-0.1, -0.05) is 24.3 Å². The van der Waals surface area contributed by atoms with Crippen molar-refractivity contribution in [3.8, 4) is 5.75 Å². The van der Waals surface area contributed by atoms with Crippen molar-refractivity contribution in [3.63, 3.8) is 0 Å². The maximum Gasteiger partial charge on any atom is 0.257 e. The van der Waals surface area contributed by atoms with Crippen LogP contribution in [0.2, 0.25) is 0 Å². The molecule has 0 saturated heterocycles. The largest absolute Gasteiger partial charge is 0.489 e. The molecule has 3 rings (SSSR count). The predicted octanol–water partition coefficient (Wildman–Crippen LogP) is 4.87. The van der Waals surface area contributed by atoms with Gasteiger partial charge in [0, 0.05) is 18.9 Å². The van der Waals surface area contributed by atoms with Crippen LogP contribution < -0.4 is 15.4 Å². The first-order valence-electron chi connectivity index (χ1n) is 9.01. The quantitative estimate of drug-likeness (QED) is 0.615. The number of anilines is 2. The summed E-state index contributed by atoms with van der Waals surface area (Å²) < 4.78 is 18.7. The van der Waals surface area contributed by atoms with Crippen molar-refractivity contribution in [2.45, 2.75) is 26.5 Å². The molecule has 0 radical (unpaired) electrons. The molecule has 6 heteroatoms. The van der Waals surface area contributed by atoms with Gasteiger partial charge in [-0.3, -0.25) is 9.78 Å². The molecule has 0 aliphatic heterocycles. The van der Waals surface area contributed by atoms with Gasteiger partial charge < -0.3 is 15.4 Å². The maximum absolute atomic E-state index is 13.0. The normalized spacial score (nSPS) is 10.6. The van der Waals surface area contributed by atoms with E-state index >= 15 is 0 Å². The second-order valence-electron chi connectivity index (χ2n) is 6.56. The number of aromatic nitrogens is 1. The molecule has 0 fully saturated rings. The molecular formula is C22H22FN3O2. The van der Waals surface area contributed by atoms with Crippen LogP contribution in [0.4, 0.5) is 15.8 Å². The number of para-hydroxylation sites is 2. The zero-order valence-electron chi connectivity index (χ0n) is 15.8. The molecule has 0 unspecified atom stereocenters. The van der Waals surface area contributed by atoms with E-state index in [9.17, 15) is 9.18 Å². The fourth-order valence-corrected chi connectivity index (χ4v) is 2.59. The molecular weight excluding hydrogens is 357 g/mol. The molecule has 0 bridgehead atoms. The van der Waals surface area contributed by atoms with Gasteiger partial charge in [-0.25, -0.2) is 4.39 Å². The van der Waals surface area contributed by atoms with Crippen molar-refractivity contribution in [3.05, 3.63) is 83.9 Å². The third-order valence-corrected chi connectivity index (χ3v) is 3.91. The Morgan fingerprint density at radius 3 is 2.61 bits per heavy atom. The van der Waals surface area contributed by atoms with E-state index < -0.39 is 0 Å². The predicted molar refractivity (Wildman–Crippen MR) is 108 cm³/mol. The summed E-state index contributed by atoms with van der Waals surface area (Å²) in [4.78, 5) is 16.8. The second-order valence-corrected chi connectivity index (χ2v) is 6.56. The number of amides is 1. The van der Waals surface area contributed by atoms with Crippen LogP contribution in [-0.2, 0) is 6.54 Å². The van der Waals surface area contributed by atoms with Crippen LogP contribution in [0, 0.1) is 5.82 Å². The van der Waals surface area contributed by atoms with Crippen molar-refractivity contribution in [2.75, 3.05) is 10.6 Å². The Bertz CT molecular complexity index is 943. The van der Waals surface area contributed by atoms with Crippen molar-refractivity contribution in [1.82, 2.24) is 4.98 Å². The Hall–Kier alpha value is -3.41. The van der Waals surface area contributed by atoms with Gasteiger partial charge in [0.05, 0.1) is 23.0 Å². The van der Waals surface area contributed by atoms with Crippen LogP contribution in [0.25, 0.3) is 0 Å². The lowest BCUT2D eigenvalue weighted by Crippen LogP contribution is -2.15. The Labute approximate surface area is 163 Å². The highest BCUT2D eigenvalue weighted by atomic mass is 19.1. The molecule has 0 aliphatic rings. The Balaban J connectivity index is 1.68. The van der Waals surface area contributed by atoms with E-state index in [0.29, 0.717) is 29.2 Å². The van der Waals surface area contributed by atoms with Crippen LogP contribution in [-0.4, -0.2) is 17.0 Å². The van der Waals surface area contributed by atoms with Gasteiger partial charge in [0.1, 0.15) is 11.6 Å². The summed E-state index contributed by atoms with van der Waals surface area (Å²) in [5.41, 5.74) is 2.65. The zero-order valence-corrected chi connectivity index (χ0v) is 15.8. The minimum Gasteiger partial charge on any atom is -0.489 e. The van der Waals surface area contributed by atoms with Crippen LogP contribution >= 0.6 is 0 Å². The molecule has 3 aromatic rings. The fourth-order valence-electron chi connectivity index (χ4n) is 2.59. The van der Waals surface area contributed by atoms with Gasteiger partial charge in [-0.15, -0.1) is 0 Å². The van der Waals surface area contributed by atoms with E-state index in [4.69, 9.17) is 4.74 Å². The van der Waals surface area contributed by atoms with Gasteiger partial charge in [0.2, 0.25) is 0 Å². The lowest BCUT2D eigenvalue weighted by Gasteiger charge is -2.15. The van der Waals surface area contributed by atoms with Crippen molar-refractivity contribution < 1.29 is 13.9 Å². The average molecular weight is 379 g/mol. The average Bonchev–Trinajstić information content (AvgIpc) is 2.69. The molecule has 1 heterocycles. The Morgan fingerprint density at radius 1 is 1.11 bits per heavy atom. The molecule has 1 amide bonds. The molecule has 0 atom stereocenters.